The topological polar surface area (TPSA) is 51.5 Å². The monoisotopic (exact) mass is 340 g/mol. The van der Waals surface area contributed by atoms with Crippen LogP contribution < -0.4 is 5.56 Å². The van der Waals surface area contributed by atoms with Crippen molar-refractivity contribution in [3.8, 4) is 0 Å². The number of pyridine rings is 1. The fourth-order valence-electron chi connectivity index (χ4n) is 3.19. The van der Waals surface area contributed by atoms with Crippen LogP contribution in [0.4, 0.5) is 0 Å². The van der Waals surface area contributed by atoms with E-state index in [4.69, 9.17) is 4.74 Å². The summed E-state index contributed by atoms with van der Waals surface area (Å²) in [6.45, 7) is 3.90. The maximum Gasteiger partial charge on any atom is 0.255 e. The molecule has 0 saturated carbocycles. The molecule has 1 aromatic carbocycles. The maximum absolute atomic E-state index is 13.0. The van der Waals surface area contributed by atoms with Gasteiger partial charge < -0.3 is 14.2 Å². The van der Waals surface area contributed by atoms with Crippen molar-refractivity contribution in [2.45, 2.75) is 32.4 Å². The molecule has 0 radical (unpaired) electrons. The molecule has 2 aromatic rings. The number of nitrogens with zero attached hydrogens (tertiary/aromatic N) is 2. The van der Waals surface area contributed by atoms with Crippen molar-refractivity contribution < 1.29 is 9.53 Å². The van der Waals surface area contributed by atoms with Gasteiger partial charge in [0.15, 0.2) is 0 Å². The van der Waals surface area contributed by atoms with Crippen LogP contribution in [0.2, 0.25) is 0 Å². The molecule has 25 heavy (non-hydrogen) atoms. The molecule has 1 saturated heterocycles. The van der Waals surface area contributed by atoms with Crippen molar-refractivity contribution in [1.82, 2.24) is 9.47 Å². The van der Waals surface area contributed by atoms with Crippen LogP contribution >= 0.6 is 0 Å². The standard InChI is InChI=1S/C20H24N2O3/c1-15-5-3-6-16(11-15)12-22(14-18-7-4-10-25-18)20(24)17-8-9-19(23)21(2)13-17/h3,5-6,8-9,11,13,18H,4,7,10,12,14H2,1-2H3. The van der Waals surface area contributed by atoms with E-state index in [9.17, 15) is 9.59 Å². The van der Waals surface area contributed by atoms with E-state index in [-0.39, 0.29) is 17.6 Å². The molecule has 0 N–H and O–H groups in total. The molecule has 2 heterocycles. The summed E-state index contributed by atoms with van der Waals surface area (Å²) in [7, 11) is 1.66. The van der Waals surface area contributed by atoms with E-state index in [1.54, 1.807) is 19.3 Å². The van der Waals surface area contributed by atoms with Crippen molar-refractivity contribution in [2.24, 2.45) is 7.05 Å². The lowest BCUT2D eigenvalue weighted by Gasteiger charge is -2.26. The van der Waals surface area contributed by atoms with E-state index >= 15 is 0 Å². The van der Waals surface area contributed by atoms with Gasteiger partial charge in [-0.05, 0) is 31.4 Å². The van der Waals surface area contributed by atoms with Crippen LogP contribution in [0.15, 0.2) is 47.4 Å². The Morgan fingerprint density at radius 3 is 2.84 bits per heavy atom. The summed E-state index contributed by atoms with van der Waals surface area (Å²) < 4.78 is 7.16. The van der Waals surface area contributed by atoms with E-state index in [1.807, 2.05) is 30.0 Å². The Morgan fingerprint density at radius 1 is 1.32 bits per heavy atom. The minimum atomic E-state index is -0.124. The van der Waals surface area contributed by atoms with E-state index in [0.717, 1.165) is 25.0 Å². The fraction of sp³-hybridized carbons (Fsp3) is 0.400. The number of aryl methyl sites for hydroxylation is 2. The number of carbonyl (C=O) groups excluding carboxylic acids is 1. The number of amides is 1. The average Bonchev–Trinajstić information content (AvgIpc) is 3.09. The van der Waals surface area contributed by atoms with E-state index < -0.39 is 0 Å². The normalized spacial score (nSPS) is 16.8. The Bertz CT molecular complexity index is 807. The lowest BCUT2D eigenvalue weighted by atomic mass is 10.1. The molecule has 0 bridgehead atoms. The highest BCUT2D eigenvalue weighted by Gasteiger charge is 2.24. The van der Waals surface area contributed by atoms with Crippen LogP contribution in [0.3, 0.4) is 0 Å². The summed E-state index contributed by atoms with van der Waals surface area (Å²) in [5.74, 6) is -0.0763. The third kappa shape index (κ3) is 4.37. The second kappa shape index (κ2) is 7.66. The first-order valence-corrected chi connectivity index (χ1v) is 8.66. The van der Waals surface area contributed by atoms with Gasteiger partial charge >= 0.3 is 0 Å². The van der Waals surface area contributed by atoms with Crippen LogP contribution in [0.5, 0.6) is 0 Å². The molecule has 1 atom stereocenters. The molecule has 132 valence electrons. The van der Waals surface area contributed by atoms with Gasteiger partial charge in [0.05, 0.1) is 11.7 Å². The molecule has 0 spiro atoms. The number of hydrogen-bond donors (Lipinski definition) is 0. The van der Waals surface area contributed by atoms with E-state index in [1.165, 1.54) is 16.2 Å². The maximum atomic E-state index is 13.0. The van der Waals surface area contributed by atoms with Gasteiger partial charge in [0.2, 0.25) is 5.56 Å². The van der Waals surface area contributed by atoms with Crippen LogP contribution in [0.25, 0.3) is 0 Å². The molecule has 0 aliphatic carbocycles. The SMILES string of the molecule is Cc1cccc(CN(CC2CCCO2)C(=O)c2ccc(=O)n(C)c2)c1. The molecule has 1 fully saturated rings. The lowest BCUT2D eigenvalue weighted by Crippen LogP contribution is -2.37. The quantitative estimate of drug-likeness (QED) is 0.840. The summed E-state index contributed by atoms with van der Waals surface area (Å²) >= 11 is 0. The van der Waals surface area contributed by atoms with Gasteiger partial charge in [-0.25, -0.2) is 0 Å². The van der Waals surface area contributed by atoms with Crippen LogP contribution in [-0.2, 0) is 18.3 Å². The third-order valence-corrected chi connectivity index (χ3v) is 4.52. The number of hydrogen-bond acceptors (Lipinski definition) is 3. The molecule has 5 heteroatoms. The minimum Gasteiger partial charge on any atom is -0.376 e. The molecule has 5 nitrogen and oxygen atoms in total. The van der Waals surface area contributed by atoms with Gasteiger partial charge in [-0.1, -0.05) is 29.8 Å². The summed E-state index contributed by atoms with van der Waals surface area (Å²) in [4.78, 5) is 26.5. The molecule has 1 aromatic heterocycles. The summed E-state index contributed by atoms with van der Waals surface area (Å²) in [6.07, 6.45) is 3.70. The van der Waals surface area contributed by atoms with E-state index in [2.05, 4.69) is 6.07 Å². The average molecular weight is 340 g/mol. The number of aromatic nitrogens is 1. The van der Waals surface area contributed by atoms with Crippen molar-refractivity contribution in [1.29, 1.82) is 0 Å². The molecule has 1 amide bonds. The summed E-state index contributed by atoms with van der Waals surface area (Å²) in [6, 6.07) is 11.2. The highest BCUT2D eigenvalue weighted by Crippen LogP contribution is 2.17. The van der Waals surface area contributed by atoms with Crippen molar-refractivity contribution in [3.05, 3.63) is 69.6 Å². The highest BCUT2D eigenvalue weighted by molar-refractivity contribution is 5.93. The van der Waals surface area contributed by atoms with E-state index in [0.29, 0.717) is 18.7 Å². The third-order valence-electron chi connectivity index (χ3n) is 4.52. The molecule has 1 aliphatic heterocycles. The molecule has 1 aliphatic rings. The Balaban J connectivity index is 1.84. The first-order valence-electron chi connectivity index (χ1n) is 8.66. The van der Waals surface area contributed by atoms with Crippen LogP contribution in [0, 0.1) is 6.92 Å². The summed E-state index contributed by atoms with van der Waals surface area (Å²) in [5.41, 5.74) is 2.66. The smallest absolute Gasteiger partial charge is 0.255 e. The predicted octanol–water partition coefficient (Wildman–Crippen LogP) is 2.52. The van der Waals surface area contributed by atoms with Gasteiger partial charge in [-0.3, -0.25) is 9.59 Å². The van der Waals surface area contributed by atoms with Crippen LogP contribution in [-0.4, -0.2) is 34.6 Å². The van der Waals surface area contributed by atoms with Crippen molar-refractivity contribution in [2.75, 3.05) is 13.2 Å². The second-order valence-electron chi connectivity index (χ2n) is 6.68. The van der Waals surface area contributed by atoms with Gasteiger partial charge in [0, 0.05) is 39.0 Å². The van der Waals surface area contributed by atoms with Crippen molar-refractivity contribution in [3.63, 3.8) is 0 Å². The molecule has 1 unspecified atom stereocenters. The first kappa shape index (κ1) is 17.4. The van der Waals surface area contributed by atoms with Gasteiger partial charge in [0.25, 0.3) is 5.91 Å². The predicted molar refractivity (Wildman–Crippen MR) is 96.6 cm³/mol. The molecular weight excluding hydrogens is 316 g/mol. The number of carbonyl (C=O) groups is 1. The van der Waals surface area contributed by atoms with Crippen LogP contribution in [0.1, 0.15) is 34.3 Å². The zero-order valence-corrected chi connectivity index (χ0v) is 14.8. The Hall–Kier alpha value is -2.40. The molecular formula is C20H24N2O3. The zero-order valence-electron chi connectivity index (χ0n) is 14.8. The molecule has 3 rings (SSSR count). The van der Waals surface area contributed by atoms with Crippen molar-refractivity contribution >= 4 is 5.91 Å². The largest absolute Gasteiger partial charge is 0.376 e. The Morgan fingerprint density at radius 2 is 2.16 bits per heavy atom. The second-order valence-corrected chi connectivity index (χ2v) is 6.68. The van der Waals surface area contributed by atoms with Gasteiger partial charge in [-0.2, -0.15) is 0 Å². The van der Waals surface area contributed by atoms with Gasteiger partial charge in [-0.15, -0.1) is 0 Å². The number of benzene rings is 1. The van der Waals surface area contributed by atoms with Gasteiger partial charge in [0.1, 0.15) is 0 Å². The Kier molecular flexibility index (Phi) is 5.34. The first-order chi connectivity index (χ1) is 12.0. The Labute approximate surface area is 147 Å². The number of rotatable bonds is 5. The zero-order chi connectivity index (χ0) is 17.8. The summed E-state index contributed by atoms with van der Waals surface area (Å²) in [5, 5.41) is 0. The minimum absolute atomic E-state index is 0.0763. The number of ether oxygens (including phenoxy) is 1. The highest BCUT2D eigenvalue weighted by atomic mass is 16.5. The fourth-order valence-corrected chi connectivity index (χ4v) is 3.19. The lowest BCUT2D eigenvalue weighted by molar-refractivity contribution is 0.0506.